The maximum atomic E-state index is 10.6. The lowest BCUT2D eigenvalue weighted by Crippen LogP contribution is -2.11. The third-order valence-electron chi connectivity index (χ3n) is 0.944. The van der Waals surface area contributed by atoms with Gasteiger partial charge in [0.25, 0.3) is 0 Å². The molecule has 0 saturated heterocycles. The van der Waals surface area contributed by atoms with Crippen LogP contribution in [-0.4, -0.2) is 12.1 Å². The van der Waals surface area contributed by atoms with Crippen molar-refractivity contribution in [1.82, 2.24) is 0 Å². The predicted molar refractivity (Wildman–Crippen MR) is 39.3 cm³/mol. The highest BCUT2D eigenvalue weighted by atomic mass is 16.5. The first-order valence-corrected chi connectivity index (χ1v) is 3.32. The standard InChI is InChI=1S/C8H12O2/c1-4-6-7(3)10-8(9)5-2/h7H,5H2,1-3H3/t7-/m0/s1. The molecule has 2 heteroatoms. The molecule has 0 unspecified atom stereocenters. The lowest BCUT2D eigenvalue weighted by atomic mass is 10.4. The molecule has 0 aromatic rings. The molecule has 0 aliphatic heterocycles. The van der Waals surface area contributed by atoms with Crippen molar-refractivity contribution >= 4 is 5.97 Å². The van der Waals surface area contributed by atoms with E-state index in [0.29, 0.717) is 6.42 Å². The second kappa shape index (κ2) is 4.87. The van der Waals surface area contributed by atoms with Gasteiger partial charge in [0.2, 0.25) is 0 Å². The van der Waals surface area contributed by atoms with Gasteiger partial charge in [0.1, 0.15) is 0 Å². The molecule has 1 atom stereocenters. The fraction of sp³-hybridized carbons (Fsp3) is 0.625. The van der Waals surface area contributed by atoms with Crippen molar-refractivity contribution in [3.05, 3.63) is 0 Å². The van der Waals surface area contributed by atoms with Gasteiger partial charge in [0.05, 0.1) is 0 Å². The molecule has 0 aromatic carbocycles. The summed E-state index contributed by atoms with van der Waals surface area (Å²) in [6.45, 7) is 5.23. The van der Waals surface area contributed by atoms with Crippen LogP contribution in [0.2, 0.25) is 0 Å². The zero-order chi connectivity index (χ0) is 7.98. The Bertz CT molecular complexity index is 162. The summed E-state index contributed by atoms with van der Waals surface area (Å²) < 4.78 is 4.83. The molecule has 0 aliphatic rings. The lowest BCUT2D eigenvalue weighted by molar-refractivity contribution is -0.145. The molecular formula is C8H12O2. The van der Waals surface area contributed by atoms with Crippen molar-refractivity contribution in [3.63, 3.8) is 0 Å². The second-order valence-electron chi connectivity index (χ2n) is 1.88. The van der Waals surface area contributed by atoms with Crippen molar-refractivity contribution in [2.45, 2.75) is 33.3 Å². The topological polar surface area (TPSA) is 26.3 Å². The summed E-state index contributed by atoms with van der Waals surface area (Å²) in [6, 6.07) is 0. The summed E-state index contributed by atoms with van der Waals surface area (Å²) in [5, 5.41) is 0. The van der Waals surface area contributed by atoms with E-state index < -0.39 is 0 Å². The van der Waals surface area contributed by atoms with E-state index >= 15 is 0 Å². The Labute approximate surface area is 61.6 Å². The number of rotatable bonds is 2. The number of hydrogen-bond acceptors (Lipinski definition) is 2. The van der Waals surface area contributed by atoms with Crippen molar-refractivity contribution in [2.24, 2.45) is 0 Å². The summed E-state index contributed by atoms with van der Waals surface area (Å²) in [6.07, 6.45) is 0.146. The fourth-order valence-electron chi connectivity index (χ4n) is 0.513. The molecule has 56 valence electrons. The average Bonchev–Trinajstić information content (AvgIpc) is 1.88. The first-order chi connectivity index (χ1) is 4.70. The summed E-state index contributed by atoms with van der Waals surface area (Å²) in [5.41, 5.74) is 0. The minimum atomic E-state index is -0.266. The average molecular weight is 140 g/mol. The van der Waals surface area contributed by atoms with E-state index in [2.05, 4.69) is 11.8 Å². The molecule has 0 aromatic heterocycles. The fourth-order valence-corrected chi connectivity index (χ4v) is 0.513. The van der Waals surface area contributed by atoms with Gasteiger partial charge >= 0.3 is 5.97 Å². The Balaban J connectivity index is 3.64. The summed E-state index contributed by atoms with van der Waals surface area (Å²) in [4.78, 5) is 10.6. The molecule has 0 radical (unpaired) electrons. The third-order valence-corrected chi connectivity index (χ3v) is 0.944. The van der Waals surface area contributed by atoms with Gasteiger partial charge in [0, 0.05) is 6.42 Å². The Morgan fingerprint density at radius 3 is 2.70 bits per heavy atom. The van der Waals surface area contributed by atoms with Gasteiger partial charge in [-0.1, -0.05) is 12.8 Å². The highest BCUT2D eigenvalue weighted by Gasteiger charge is 2.01. The molecule has 0 aliphatic carbocycles. The van der Waals surface area contributed by atoms with Gasteiger partial charge in [-0.25, -0.2) is 0 Å². The smallest absolute Gasteiger partial charge is 0.306 e. The second-order valence-corrected chi connectivity index (χ2v) is 1.88. The van der Waals surface area contributed by atoms with Crippen LogP contribution in [0, 0.1) is 11.8 Å². The molecule has 0 heterocycles. The van der Waals surface area contributed by atoms with E-state index in [0.717, 1.165) is 0 Å². The summed E-state index contributed by atoms with van der Waals surface area (Å²) >= 11 is 0. The van der Waals surface area contributed by atoms with Crippen molar-refractivity contribution in [1.29, 1.82) is 0 Å². The highest BCUT2D eigenvalue weighted by Crippen LogP contribution is 1.91. The van der Waals surface area contributed by atoms with E-state index in [1.807, 2.05) is 0 Å². The maximum absolute atomic E-state index is 10.6. The number of carbonyl (C=O) groups is 1. The van der Waals surface area contributed by atoms with Crippen LogP contribution in [0.5, 0.6) is 0 Å². The van der Waals surface area contributed by atoms with Crippen LogP contribution in [0.3, 0.4) is 0 Å². The Morgan fingerprint density at radius 2 is 2.30 bits per heavy atom. The van der Waals surface area contributed by atoms with Gasteiger partial charge < -0.3 is 4.74 Å². The van der Waals surface area contributed by atoms with Gasteiger partial charge in [-0.2, -0.15) is 0 Å². The summed E-state index contributed by atoms with van der Waals surface area (Å²) in [7, 11) is 0. The number of ether oxygens (including phenoxy) is 1. The molecule has 10 heavy (non-hydrogen) atoms. The molecule has 2 nitrogen and oxygen atoms in total. The maximum Gasteiger partial charge on any atom is 0.306 e. The SMILES string of the molecule is CC#C[C@H](C)OC(=O)CC. The van der Waals surface area contributed by atoms with Crippen LogP contribution in [0.1, 0.15) is 27.2 Å². The van der Waals surface area contributed by atoms with Gasteiger partial charge in [-0.05, 0) is 13.8 Å². The van der Waals surface area contributed by atoms with Crippen molar-refractivity contribution < 1.29 is 9.53 Å². The van der Waals surface area contributed by atoms with E-state index in [1.165, 1.54) is 0 Å². The largest absolute Gasteiger partial charge is 0.449 e. The van der Waals surface area contributed by atoms with Gasteiger partial charge in [0.15, 0.2) is 6.10 Å². The monoisotopic (exact) mass is 140 g/mol. The van der Waals surface area contributed by atoms with Crippen LogP contribution < -0.4 is 0 Å². The molecule has 0 fully saturated rings. The minimum absolute atomic E-state index is 0.199. The number of hydrogen-bond donors (Lipinski definition) is 0. The first kappa shape index (κ1) is 9.03. The third kappa shape index (κ3) is 3.96. The molecular weight excluding hydrogens is 128 g/mol. The Morgan fingerprint density at radius 1 is 1.70 bits per heavy atom. The van der Waals surface area contributed by atoms with E-state index in [1.54, 1.807) is 20.8 Å². The van der Waals surface area contributed by atoms with Crippen LogP contribution in [0.4, 0.5) is 0 Å². The Kier molecular flexibility index (Phi) is 4.39. The van der Waals surface area contributed by atoms with Crippen molar-refractivity contribution in [3.8, 4) is 11.8 Å². The first-order valence-electron chi connectivity index (χ1n) is 3.32. The number of esters is 1. The van der Waals surface area contributed by atoms with Gasteiger partial charge in [-0.15, -0.1) is 5.92 Å². The highest BCUT2D eigenvalue weighted by molar-refractivity contribution is 5.69. The molecule has 0 saturated carbocycles. The molecule has 0 amide bonds. The lowest BCUT2D eigenvalue weighted by Gasteiger charge is -2.04. The molecule has 0 rings (SSSR count). The molecule has 0 spiro atoms. The molecule has 0 N–H and O–H groups in total. The van der Waals surface area contributed by atoms with E-state index in [-0.39, 0.29) is 12.1 Å². The zero-order valence-corrected chi connectivity index (χ0v) is 6.60. The number of carbonyl (C=O) groups excluding carboxylic acids is 1. The predicted octanol–water partition coefficient (Wildman–Crippen LogP) is 1.35. The quantitative estimate of drug-likeness (QED) is 0.427. The minimum Gasteiger partial charge on any atom is -0.449 e. The van der Waals surface area contributed by atoms with E-state index in [4.69, 9.17) is 4.74 Å². The van der Waals surface area contributed by atoms with Crippen LogP contribution in [0.15, 0.2) is 0 Å². The normalized spacial score (nSPS) is 11.1. The van der Waals surface area contributed by atoms with E-state index in [9.17, 15) is 4.79 Å². The van der Waals surface area contributed by atoms with Crippen LogP contribution in [-0.2, 0) is 9.53 Å². The summed E-state index contributed by atoms with van der Waals surface area (Å²) in [5.74, 6) is 5.19. The van der Waals surface area contributed by atoms with Crippen LogP contribution in [0.25, 0.3) is 0 Å². The Hall–Kier alpha value is -0.970. The van der Waals surface area contributed by atoms with Crippen molar-refractivity contribution in [2.75, 3.05) is 0 Å². The van der Waals surface area contributed by atoms with Crippen LogP contribution >= 0.6 is 0 Å². The zero-order valence-electron chi connectivity index (χ0n) is 6.60. The van der Waals surface area contributed by atoms with Gasteiger partial charge in [-0.3, -0.25) is 4.79 Å². The molecule has 0 bridgehead atoms.